The Bertz CT molecular complexity index is 552. The molecule has 1 amide bonds. The molecule has 0 spiro atoms. The van der Waals surface area contributed by atoms with Gasteiger partial charge in [-0.15, -0.1) is 0 Å². The van der Waals surface area contributed by atoms with Gasteiger partial charge in [-0.3, -0.25) is 4.79 Å². The van der Waals surface area contributed by atoms with Gasteiger partial charge in [-0.25, -0.2) is 4.39 Å². The van der Waals surface area contributed by atoms with E-state index in [4.69, 9.17) is 10.2 Å². The van der Waals surface area contributed by atoms with Crippen molar-refractivity contribution in [3.63, 3.8) is 0 Å². The van der Waals surface area contributed by atoms with Crippen molar-refractivity contribution in [2.45, 2.75) is 6.54 Å². The van der Waals surface area contributed by atoms with Gasteiger partial charge in [0.1, 0.15) is 11.6 Å². The maximum Gasteiger partial charge on any atom is 0.256 e. The molecule has 0 atom stereocenters. The number of nitrogens with zero attached hydrogens (tertiary/aromatic N) is 1. The molecular weight excluding hydrogens is 235 g/mol. The van der Waals surface area contributed by atoms with E-state index in [0.717, 1.165) is 6.07 Å². The zero-order valence-corrected chi connectivity index (χ0v) is 9.89. The van der Waals surface area contributed by atoms with Crippen molar-refractivity contribution in [2.24, 2.45) is 0 Å². The number of amides is 1. The molecule has 0 aliphatic carbocycles. The largest absolute Gasteiger partial charge is 0.467 e. The number of rotatable bonds is 3. The molecule has 0 aliphatic rings. The summed E-state index contributed by atoms with van der Waals surface area (Å²) in [6, 6.07) is 7.50. The molecule has 94 valence electrons. The van der Waals surface area contributed by atoms with Crippen LogP contribution in [0, 0.1) is 5.82 Å². The van der Waals surface area contributed by atoms with Crippen molar-refractivity contribution in [2.75, 3.05) is 12.8 Å². The van der Waals surface area contributed by atoms with Crippen molar-refractivity contribution in [1.29, 1.82) is 0 Å². The zero-order chi connectivity index (χ0) is 13.1. The molecule has 0 aliphatic heterocycles. The Kier molecular flexibility index (Phi) is 3.32. The van der Waals surface area contributed by atoms with Crippen LogP contribution in [0.15, 0.2) is 41.0 Å². The SMILES string of the molecule is CN(Cc1ccco1)C(=O)c1ccc(N)cc1F. The van der Waals surface area contributed by atoms with E-state index in [-0.39, 0.29) is 17.8 Å². The Balaban J connectivity index is 2.15. The fourth-order valence-electron chi connectivity index (χ4n) is 1.62. The fourth-order valence-corrected chi connectivity index (χ4v) is 1.62. The fraction of sp³-hybridized carbons (Fsp3) is 0.154. The Hall–Kier alpha value is -2.30. The molecule has 2 rings (SSSR count). The van der Waals surface area contributed by atoms with Crippen LogP contribution in [0.2, 0.25) is 0 Å². The van der Waals surface area contributed by atoms with E-state index in [2.05, 4.69) is 0 Å². The normalized spacial score (nSPS) is 10.3. The van der Waals surface area contributed by atoms with Crippen molar-refractivity contribution < 1.29 is 13.6 Å². The number of hydrogen-bond acceptors (Lipinski definition) is 3. The Labute approximate surface area is 104 Å². The molecule has 0 unspecified atom stereocenters. The van der Waals surface area contributed by atoms with Crippen molar-refractivity contribution in [3.8, 4) is 0 Å². The average molecular weight is 248 g/mol. The molecule has 0 fully saturated rings. The van der Waals surface area contributed by atoms with Gasteiger partial charge >= 0.3 is 0 Å². The molecule has 1 heterocycles. The van der Waals surface area contributed by atoms with Crippen LogP contribution in [0.4, 0.5) is 10.1 Å². The van der Waals surface area contributed by atoms with Crippen LogP contribution in [0.3, 0.4) is 0 Å². The number of furan rings is 1. The lowest BCUT2D eigenvalue weighted by Gasteiger charge is -2.16. The summed E-state index contributed by atoms with van der Waals surface area (Å²) in [5, 5.41) is 0. The number of halogens is 1. The third-order valence-electron chi connectivity index (χ3n) is 2.54. The summed E-state index contributed by atoms with van der Waals surface area (Å²) in [6.07, 6.45) is 1.53. The summed E-state index contributed by atoms with van der Waals surface area (Å²) in [5.41, 5.74) is 5.72. The highest BCUT2D eigenvalue weighted by atomic mass is 19.1. The highest BCUT2D eigenvalue weighted by molar-refractivity contribution is 5.94. The van der Waals surface area contributed by atoms with Gasteiger partial charge in [0.2, 0.25) is 0 Å². The minimum atomic E-state index is -0.619. The van der Waals surface area contributed by atoms with Crippen LogP contribution in [0.5, 0.6) is 0 Å². The van der Waals surface area contributed by atoms with Gasteiger partial charge in [0.25, 0.3) is 5.91 Å². The molecule has 5 heteroatoms. The lowest BCUT2D eigenvalue weighted by Crippen LogP contribution is -2.26. The molecule has 0 saturated heterocycles. The lowest BCUT2D eigenvalue weighted by molar-refractivity contribution is 0.0771. The summed E-state index contributed by atoms with van der Waals surface area (Å²) in [6.45, 7) is 0.287. The number of hydrogen-bond donors (Lipinski definition) is 1. The summed E-state index contributed by atoms with van der Waals surface area (Å²) in [7, 11) is 1.58. The van der Waals surface area contributed by atoms with Gasteiger partial charge in [0, 0.05) is 12.7 Å². The van der Waals surface area contributed by atoms with Crippen LogP contribution in [0.25, 0.3) is 0 Å². The van der Waals surface area contributed by atoms with Gasteiger partial charge in [-0.1, -0.05) is 0 Å². The number of carbonyl (C=O) groups excluding carboxylic acids is 1. The third-order valence-corrected chi connectivity index (χ3v) is 2.54. The van der Waals surface area contributed by atoms with Crippen LogP contribution in [0.1, 0.15) is 16.1 Å². The van der Waals surface area contributed by atoms with E-state index in [1.807, 2.05) is 0 Å². The first-order valence-corrected chi connectivity index (χ1v) is 5.41. The maximum absolute atomic E-state index is 13.6. The number of anilines is 1. The minimum Gasteiger partial charge on any atom is -0.467 e. The predicted molar refractivity (Wildman–Crippen MR) is 65.3 cm³/mol. The molecule has 2 aromatic rings. The third kappa shape index (κ3) is 2.51. The molecule has 1 aromatic carbocycles. The number of carbonyl (C=O) groups is 1. The second kappa shape index (κ2) is 4.91. The van der Waals surface area contributed by atoms with E-state index < -0.39 is 11.7 Å². The number of nitrogen functional groups attached to an aromatic ring is 1. The van der Waals surface area contributed by atoms with Crippen molar-refractivity contribution >= 4 is 11.6 Å². The monoisotopic (exact) mass is 248 g/mol. The molecule has 2 N–H and O–H groups in total. The van der Waals surface area contributed by atoms with Crippen molar-refractivity contribution in [3.05, 3.63) is 53.7 Å². The van der Waals surface area contributed by atoms with Crippen molar-refractivity contribution in [1.82, 2.24) is 4.90 Å². The highest BCUT2D eigenvalue weighted by Gasteiger charge is 2.17. The topological polar surface area (TPSA) is 59.5 Å². The van der Waals surface area contributed by atoms with Gasteiger partial charge in [0.05, 0.1) is 18.4 Å². The molecule has 1 aromatic heterocycles. The van der Waals surface area contributed by atoms with Gasteiger partial charge < -0.3 is 15.1 Å². The molecule has 0 radical (unpaired) electrons. The Morgan fingerprint density at radius 2 is 2.22 bits per heavy atom. The molecule has 18 heavy (non-hydrogen) atoms. The average Bonchev–Trinajstić information content (AvgIpc) is 2.81. The first-order chi connectivity index (χ1) is 8.58. The molecular formula is C13H13FN2O2. The summed E-state index contributed by atoms with van der Waals surface area (Å²) in [5.74, 6) is -0.392. The van der Waals surface area contributed by atoms with E-state index in [1.165, 1.54) is 23.3 Å². The van der Waals surface area contributed by atoms with Gasteiger partial charge in [-0.2, -0.15) is 0 Å². The van der Waals surface area contributed by atoms with Crippen LogP contribution < -0.4 is 5.73 Å². The molecule has 4 nitrogen and oxygen atoms in total. The summed E-state index contributed by atoms with van der Waals surface area (Å²) in [4.78, 5) is 13.4. The first kappa shape index (κ1) is 12.2. The predicted octanol–water partition coefficient (Wildman–Crippen LogP) is 2.27. The minimum absolute atomic E-state index is 0.00161. The molecule has 0 saturated carbocycles. The van der Waals surface area contributed by atoms with Gasteiger partial charge in [-0.05, 0) is 30.3 Å². The van der Waals surface area contributed by atoms with E-state index in [9.17, 15) is 9.18 Å². The van der Waals surface area contributed by atoms with Crippen LogP contribution in [-0.2, 0) is 6.54 Å². The quantitative estimate of drug-likeness (QED) is 0.848. The van der Waals surface area contributed by atoms with E-state index in [1.54, 1.807) is 19.2 Å². The summed E-state index contributed by atoms with van der Waals surface area (Å²) < 4.78 is 18.7. The first-order valence-electron chi connectivity index (χ1n) is 5.41. The second-order valence-electron chi connectivity index (χ2n) is 3.98. The number of benzene rings is 1. The highest BCUT2D eigenvalue weighted by Crippen LogP contribution is 2.15. The maximum atomic E-state index is 13.6. The zero-order valence-electron chi connectivity index (χ0n) is 9.89. The van der Waals surface area contributed by atoms with E-state index in [0.29, 0.717) is 5.76 Å². The standard InChI is InChI=1S/C13H13FN2O2/c1-16(8-10-3-2-6-18-10)13(17)11-5-4-9(15)7-12(11)14/h2-7H,8,15H2,1H3. The molecule has 0 bridgehead atoms. The number of nitrogens with two attached hydrogens (primary N) is 1. The van der Waals surface area contributed by atoms with Crippen LogP contribution in [-0.4, -0.2) is 17.9 Å². The lowest BCUT2D eigenvalue weighted by atomic mass is 10.1. The van der Waals surface area contributed by atoms with Crippen LogP contribution >= 0.6 is 0 Å². The Morgan fingerprint density at radius 3 is 2.83 bits per heavy atom. The summed E-state index contributed by atoms with van der Waals surface area (Å²) >= 11 is 0. The Morgan fingerprint density at radius 1 is 1.44 bits per heavy atom. The van der Waals surface area contributed by atoms with E-state index >= 15 is 0 Å². The van der Waals surface area contributed by atoms with Gasteiger partial charge in [0.15, 0.2) is 0 Å². The smallest absolute Gasteiger partial charge is 0.256 e. The second-order valence-corrected chi connectivity index (χ2v) is 3.98.